The highest BCUT2D eigenvalue weighted by Crippen LogP contribution is 2.19. The smallest absolute Gasteiger partial charge is 0.338 e. The summed E-state index contributed by atoms with van der Waals surface area (Å²) in [4.78, 5) is 24.1. The molecule has 0 fully saturated rings. The lowest BCUT2D eigenvalue weighted by molar-refractivity contribution is -0.119. The predicted molar refractivity (Wildman–Crippen MR) is 118 cm³/mol. The van der Waals surface area contributed by atoms with E-state index in [0.29, 0.717) is 0 Å². The van der Waals surface area contributed by atoms with Gasteiger partial charge < -0.3 is 10.1 Å². The highest BCUT2D eigenvalue weighted by atomic mass is 32.2. The summed E-state index contributed by atoms with van der Waals surface area (Å²) in [5.41, 5.74) is 2.20. The molecule has 0 spiro atoms. The molecule has 0 heterocycles. The minimum Gasteiger partial charge on any atom is -0.452 e. The third kappa shape index (κ3) is 5.70. The van der Waals surface area contributed by atoms with Gasteiger partial charge in [0.1, 0.15) is 5.82 Å². The molecule has 7 nitrogen and oxygen atoms in total. The molecule has 32 heavy (non-hydrogen) atoms. The lowest BCUT2D eigenvalue weighted by Gasteiger charge is -2.10. The van der Waals surface area contributed by atoms with Crippen LogP contribution in [0.4, 0.5) is 15.8 Å². The Morgan fingerprint density at radius 2 is 1.62 bits per heavy atom. The van der Waals surface area contributed by atoms with Gasteiger partial charge in [-0.15, -0.1) is 0 Å². The van der Waals surface area contributed by atoms with Gasteiger partial charge in [-0.25, -0.2) is 17.6 Å². The van der Waals surface area contributed by atoms with Crippen LogP contribution in [-0.4, -0.2) is 26.9 Å². The average Bonchev–Trinajstić information content (AvgIpc) is 2.76. The summed E-state index contributed by atoms with van der Waals surface area (Å²) in [6.07, 6.45) is 0. The fourth-order valence-corrected chi connectivity index (χ4v) is 3.88. The van der Waals surface area contributed by atoms with E-state index in [0.717, 1.165) is 11.1 Å². The fourth-order valence-electron chi connectivity index (χ4n) is 2.73. The number of amides is 1. The number of aryl methyl sites for hydroxylation is 2. The zero-order valence-corrected chi connectivity index (χ0v) is 18.2. The number of rotatable bonds is 7. The Labute approximate surface area is 185 Å². The van der Waals surface area contributed by atoms with Gasteiger partial charge in [-0.1, -0.05) is 18.2 Å². The van der Waals surface area contributed by atoms with Gasteiger partial charge >= 0.3 is 5.97 Å². The first-order valence-electron chi connectivity index (χ1n) is 9.57. The Kier molecular flexibility index (Phi) is 6.89. The van der Waals surface area contributed by atoms with E-state index in [1.165, 1.54) is 48.5 Å². The third-order valence-electron chi connectivity index (χ3n) is 4.64. The molecule has 166 valence electrons. The maximum Gasteiger partial charge on any atom is 0.338 e. The quantitative estimate of drug-likeness (QED) is 0.523. The molecule has 0 aliphatic heterocycles. The first-order valence-corrected chi connectivity index (χ1v) is 11.1. The molecule has 0 bridgehead atoms. The topological polar surface area (TPSA) is 102 Å². The number of esters is 1. The van der Waals surface area contributed by atoms with Crippen LogP contribution in [-0.2, 0) is 19.6 Å². The van der Waals surface area contributed by atoms with Crippen molar-refractivity contribution in [2.45, 2.75) is 18.7 Å². The first kappa shape index (κ1) is 23.0. The molecular formula is C23H21FN2O5S. The molecule has 0 radical (unpaired) electrons. The van der Waals surface area contributed by atoms with E-state index in [2.05, 4.69) is 10.0 Å². The van der Waals surface area contributed by atoms with Crippen LogP contribution >= 0.6 is 0 Å². The number of nitrogens with one attached hydrogen (secondary N) is 2. The molecule has 1 amide bonds. The van der Waals surface area contributed by atoms with Crippen LogP contribution in [0.15, 0.2) is 71.6 Å². The summed E-state index contributed by atoms with van der Waals surface area (Å²) in [6.45, 7) is 3.11. The van der Waals surface area contributed by atoms with Crippen LogP contribution in [0.1, 0.15) is 21.5 Å². The fraction of sp³-hybridized carbons (Fsp3) is 0.130. The van der Waals surface area contributed by atoms with E-state index in [4.69, 9.17) is 4.74 Å². The summed E-state index contributed by atoms with van der Waals surface area (Å²) in [5.74, 6) is -2.08. The molecule has 3 rings (SSSR count). The van der Waals surface area contributed by atoms with E-state index < -0.39 is 34.3 Å². The number of hydrogen-bond donors (Lipinski definition) is 2. The maximum atomic E-state index is 13.5. The number of halogens is 1. The van der Waals surface area contributed by atoms with Gasteiger partial charge in [0, 0.05) is 5.69 Å². The summed E-state index contributed by atoms with van der Waals surface area (Å²) in [7, 11) is -3.79. The molecule has 9 heteroatoms. The number of benzene rings is 3. The van der Waals surface area contributed by atoms with E-state index >= 15 is 0 Å². The molecule has 3 aromatic rings. The highest BCUT2D eigenvalue weighted by Gasteiger charge is 2.16. The van der Waals surface area contributed by atoms with E-state index in [1.807, 2.05) is 13.8 Å². The Hall–Kier alpha value is -3.72. The van der Waals surface area contributed by atoms with Crippen molar-refractivity contribution in [3.05, 3.63) is 89.2 Å². The normalized spacial score (nSPS) is 11.0. The van der Waals surface area contributed by atoms with Crippen molar-refractivity contribution in [2.75, 3.05) is 16.6 Å². The summed E-state index contributed by atoms with van der Waals surface area (Å²) in [6, 6.07) is 16.0. The summed E-state index contributed by atoms with van der Waals surface area (Å²) < 4.78 is 46.0. The Balaban J connectivity index is 1.58. The van der Waals surface area contributed by atoms with Crippen molar-refractivity contribution < 1.29 is 27.1 Å². The minimum absolute atomic E-state index is 0.0195. The number of sulfonamides is 1. The second-order valence-corrected chi connectivity index (χ2v) is 8.72. The van der Waals surface area contributed by atoms with Gasteiger partial charge in [0.15, 0.2) is 6.61 Å². The molecule has 0 aliphatic carbocycles. The Morgan fingerprint density at radius 1 is 0.938 bits per heavy atom. The second-order valence-electron chi connectivity index (χ2n) is 7.03. The van der Waals surface area contributed by atoms with Gasteiger partial charge in [0.2, 0.25) is 0 Å². The number of carbonyl (C=O) groups is 2. The highest BCUT2D eigenvalue weighted by molar-refractivity contribution is 7.92. The van der Waals surface area contributed by atoms with Crippen molar-refractivity contribution in [3.63, 3.8) is 0 Å². The maximum absolute atomic E-state index is 13.5. The molecule has 0 aliphatic rings. The van der Waals surface area contributed by atoms with Gasteiger partial charge in [-0.3, -0.25) is 9.52 Å². The predicted octanol–water partition coefficient (Wildman–Crippen LogP) is 4.04. The lowest BCUT2D eigenvalue weighted by Crippen LogP contribution is -2.21. The Morgan fingerprint density at radius 3 is 2.28 bits per heavy atom. The molecule has 3 aromatic carbocycles. The van der Waals surface area contributed by atoms with E-state index in [1.54, 1.807) is 18.2 Å². The van der Waals surface area contributed by atoms with Crippen LogP contribution < -0.4 is 10.0 Å². The Bertz CT molecular complexity index is 1260. The summed E-state index contributed by atoms with van der Waals surface area (Å²) in [5, 5.41) is 2.31. The molecule has 0 atom stereocenters. The average molecular weight is 456 g/mol. The zero-order valence-electron chi connectivity index (χ0n) is 17.4. The van der Waals surface area contributed by atoms with Crippen molar-refractivity contribution in [2.24, 2.45) is 0 Å². The standard InChI is InChI=1S/C23H21FN2O5S/c1-15-7-12-19(13-16(15)2)32(29,30)26-18-10-8-17(9-11-18)23(28)31-14-22(27)25-21-6-4-3-5-20(21)24/h3-13,26H,14H2,1-2H3,(H,25,27). The molecular weight excluding hydrogens is 435 g/mol. The zero-order chi connectivity index (χ0) is 23.3. The van der Waals surface area contributed by atoms with Crippen LogP contribution in [0.2, 0.25) is 0 Å². The van der Waals surface area contributed by atoms with E-state index in [-0.39, 0.29) is 21.8 Å². The van der Waals surface area contributed by atoms with Crippen molar-refractivity contribution in [3.8, 4) is 0 Å². The van der Waals surface area contributed by atoms with Crippen LogP contribution in [0.5, 0.6) is 0 Å². The van der Waals surface area contributed by atoms with Gasteiger partial charge in [-0.2, -0.15) is 0 Å². The van der Waals surface area contributed by atoms with Crippen molar-refractivity contribution >= 4 is 33.3 Å². The van der Waals surface area contributed by atoms with Crippen LogP contribution in [0.25, 0.3) is 0 Å². The number of ether oxygens (including phenoxy) is 1. The SMILES string of the molecule is Cc1ccc(S(=O)(=O)Nc2ccc(C(=O)OCC(=O)Nc3ccccc3F)cc2)cc1C. The molecule has 0 aromatic heterocycles. The molecule has 0 saturated carbocycles. The lowest BCUT2D eigenvalue weighted by atomic mass is 10.1. The first-order chi connectivity index (χ1) is 15.2. The number of hydrogen-bond acceptors (Lipinski definition) is 5. The molecule has 0 saturated heterocycles. The largest absolute Gasteiger partial charge is 0.452 e. The van der Waals surface area contributed by atoms with Crippen molar-refractivity contribution in [1.29, 1.82) is 0 Å². The van der Waals surface area contributed by atoms with Gasteiger partial charge in [0.25, 0.3) is 15.9 Å². The number of carbonyl (C=O) groups excluding carboxylic acids is 2. The monoisotopic (exact) mass is 456 g/mol. The number of anilines is 2. The second kappa shape index (κ2) is 9.61. The van der Waals surface area contributed by atoms with Gasteiger partial charge in [0.05, 0.1) is 16.1 Å². The van der Waals surface area contributed by atoms with Crippen LogP contribution in [0.3, 0.4) is 0 Å². The molecule has 2 N–H and O–H groups in total. The third-order valence-corrected chi connectivity index (χ3v) is 6.02. The van der Waals surface area contributed by atoms with E-state index in [9.17, 15) is 22.4 Å². The van der Waals surface area contributed by atoms with Crippen molar-refractivity contribution in [1.82, 2.24) is 0 Å². The van der Waals surface area contributed by atoms with Crippen LogP contribution in [0, 0.1) is 19.7 Å². The minimum atomic E-state index is -3.79. The summed E-state index contributed by atoms with van der Waals surface area (Å²) >= 11 is 0. The molecule has 0 unspecified atom stereocenters. The van der Waals surface area contributed by atoms with Gasteiger partial charge in [-0.05, 0) is 73.5 Å². The number of para-hydroxylation sites is 1.